The lowest BCUT2D eigenvalue weighted by Crippen LogP contribution is -2.73. The first kappa shape index (κ1) is 18.7. The fraction of sp³-hybridized carbons (Fsp3) is 0.227. The van der Waals surface area contributed by atoms with Gasteiger partial charge in [0.05, 0.1) is 12.6 Å². The van der Waals surface area contributed by atoms with E-state index in [1.165, 1.54) is 0 Å². The molecule has 2 aromatic rings. The van der Waals surface area contributed by atoms with Crippen LogP contribution in [0.4, 0.5) is 5.69 Å². The normalized spacial score (nSPS) is 13.5. The Morgan fingerprint density at radius 1 is 1.20 bits per heavy atom. The minimum atomic E-state index is -0.898. The lowest BCUT2D eigenvalue weighted by Gasteiger charge is -2.29. The van der Waals surface area contributed by atoms with Gasteiger partial charge >= 0.3 is 5.97 Å². The number of allylic oxidation sites excluding steroid dienone is 2. The summed E-state index contributed by atoms with van der Waals surface area (Å²) >= 11 is 0. The molecule has 0 bridgehead atoms. The van der Waals surface area contributed by atoms with Crippen LogP contribution in [-0.4, -0.2) is 18.1 Å². The highest BCUT2D eigenvalue weighted by molar-refractivity contribution is 5.88. The molecule has 0 amide bonds. The monoisotopic (exact) mass is 336 g/mol. The predicted octanol–water partition coefficient (Wildman–Crippen LogP) is 4.15. The van der Waals surface area contributed by atoms with Crippen molar-refractivity contribution in [2.75, 3.05) is 7.05 Å². The van der Waals surface area contributed by atoms with E-state index >= 15 is 0 Å². The van der Waals surface area contributed by atoms with E-state index in [0.717, 1.165) is 29.7 Å². The number of hydrogen-bond donors (Lipinski definition) is 2. The van der Waals surface area contributed by atoms with Gasteiger partial charge in [-0.05, 0) is 30.5 Å². The molecule has 0 aliphatic carbocycles. The van der Waals surface area contributed by atoms with Crippen LogP contribution in [0.15, 0.2) is 67.3 Å². The molecule has 3 N–H and O–H groups in total. The van der Waals surface area contributed by atoms with Crippen molar-refractivity contribution >= 4 is 17.7 Å². The van der Waals surface area contributed by atoms with Gasteiger partial charge in [0.15, 0.2) is 0 Å². The smallest absolute Gasteiger partial charge is 0.335 e. The van der Waals surface area contributed by atoms with E-state index in [1.807, 2.05) is 42.7 Å². The molecule has 3 nitrogen and oxygen atoms in total. The zero-order valence-corrected chi connectivity index (χ0v) is 14.9. The van der Waals surface area contributed by atoms with Gasteiger partial charge in [0.2, 0.25) is 0 Å². The van der Waals surface area contributed by atoms with Gasteiger partial charge in [-0.1, -0.05) is 55.5 Å². The van der Waals surface area contributed by atoms with Gasteiger partial charge in [-0.25, -0.2) is 4.79 Å². The van der Waals surface area contributed by atoms with Crippen molar-refractivity contribution in [3.05, 3.63) is 84.0 Å². The van der Waals surface area contributed by atoms with Gasteiger partial charge in [-0.15, -0.1) is 6.58 Å². The molecule has 0 saturated heterocycles. The molecule has 2 aromatic carbocycles. The minimum absolute atomic E-state index is 0.208. The van der Waals surface area contributed by atoms with Crippen molar-refractivity contribution in [2.45, 2.75) is 25.2 Å². The number of hydrogen-bond acceptors (Lipinski definition) is 1. The number of benzene rings is 2. The Balaban J connectivity index is 2.38. The summed E-state index contributed by atoms with van der Waals surface area (Å²) in [7, 11) is 1.98. The summed E-state index contributed by atoms with van der Waals surface area (Å²) in [5, 5.41) is 11.4. The van der Waals surface area contributed by atoms with Crippen LogP contribution in [0.3, 0.4) is 0 Å². The maximum absolute atomic E-state index is 11.4. The SMILES string of the molecule is C=CCC(C)(C/C=C/c1ccccc1)c1cc(C(=O)O)ccc1[NH2+]C. The Kier molecular flexibility index (Phi) is 6.31. The van der Waals surface area contributed by atoms with Gasteiger partial charge in [-0.2, -0.15) is 0 Å². The molecule has 0 fully saturated rings. The summed E-state index contributed by atoms with van der Waals surface area (Å²) in [6.07, 6.45) is 7.75. The maximum atomic E-state index is 11.4. The topological polar surface area (TPSA) is 53.9 Å². The Hall–Kier alpha value is -2.65. The molecule has 0 spiro atoms. The zero-order chi connectivity index (χ0) is 18.3. The molecule has 1 unspecified atom stereocenters. The molecular weight excluding hydrogens is 310 g/mol. The van der Waals surface area contributed by atoms with Crippen LogP contribution in [0.1, 0.15) is 41.3 Å². The van der Waals surface area contributed by atoms with E-state index in [-0.39, 0.29) is 5.41 Å². The van der Waals surface area contributed by atoms with Crippen LogP contribution < -0.4 is 5.32 Å². The Morgan fingerprint density at radius 2 is 1.92 bits per heavy atom. The van der Waals surface area contributed by atoms with Crippen LogP contribution in [0.2, 0.25) is 0 Å². The highest BCUT2D eigenvalue weighted by Gasteiger charge is 2.29. The third-order valence-corrected chi connectivity index (χ3v) is 4.53. The van der Waals surface area contributed by atoms with Gasteiger partial charge in [0.25, 0.3) is 0 Å². The summed E-state index contributed by atoms with van der Waals surface area (Å²) in [4.78, 5) is 11.4. The van der Waals surface area contributed by atoms with E-state index in [0.29, 0.717) is 5.56 Å². The Bertz CT molecular complexity index is 765. The third-order valence-electron chi connectivity index (χ3n) is 4.53. The summed E-state index contributed by atoms with van der Waals surface area (Å²) in [5.41, 5.74) is 3.39. The minimum Gasteiger partial charge on any atom is -0.478 e. The van der Waals surface area contributed by atoms with Crippen LogP contribution in [0.5, 0.6) is 0 Å². The van der Waals surface area contributed by atoms with Crippen molar-refractivity contribution in [2.24, 2.45) is 0 Å². The predicted molar refractivity (Wildman–Crippen MR) is 103 cm³/mol. The molecule has 0 heterocycles. The standard InChI is InChI=1S/C22H25NO2/c1-4-14-22(2,15-8-11-17-9-6-5-7-10-17)19-16-18(21(24)25)12-13-20(19)23-3/h4-13,16,23H,1,14-15H2,2-3H3,(H,24,25)/p+1/b11-8+. The first-order valence-corrected chi connectivity index (χ1v) is 8.50. The summed E-state index contributed by atoms with van der Waals surface area (Å²) in [5.74, 6) is -0.898. The number of nitrogens with two attached hydrogens (primary N) is 1. The molecular formula is C22H26NO2+. The first-order valence-electron chi connectivity index (χ1n) is 8.50. The molecule has 2 rings (SSSR count). The Labute approximate surface area is 149 Å². The number of carbonyl (C=O) groups is 1. The fourth-order valence-electron chi connectivity index (χ4n) is 3.10. The molecule has 0 aromatic heterocycles. The van der Waals surface area contributed by atoms with E-state index in [9.17, 15) is 9.90 Å². The zero-order valence-electron chi connectivity index (χ0n) is 14.9. The van der Waals surface area contributed by atoms with Crippen LogP contribution >= 0.6 is 0 Å². The van der Waals surface area contributed by atoms with E-state index in [1.54, 1.807) is 12.1 Å². The van der Waals surface area contributed by atoms with E-state index in [4.69, 9.17) is 0 Å². The number of carboxylic acids is 1. The average Bonchev–Trinajstić information content (AvgIpc) is 2.62. The molecule has 0 aliphatic rings. The number of aromatic carboxylic acids is 1. The highest BCUT2D eigenvalue weighted by Crippen LogP contribution is 2.36. The van der Waals surface area contributed by atoms with Gasteiger partial charge in [0.1, 0.15) is 5.69 Å². The van der Waals surface area contributed by atoms with E-state index < -0.39 is 5.97 Å². The molecule has 3 heteroatoms. The van der Waals surface area contributed by atoms with Crippen molar-refractivity contribution in [1.82, 2.24) is 0 Å². The van der Waals surface area contributed by atoms with Crippen LogP contribution in [0, 0.1) is 0 Å². The van der Waals surface area contributed by atoms with Gasteiger partial charge in [-0.3, -0.25) is 0 Å². The molecule has 25 heavy (non-hydrogen) atoms. The Morgan fingerprint density at radius 3 is 2.52 bits per heavy atom. The molecule has 130 valence electrons. The van der Waals surface area contributed by atoms with E-state index in [2.05, 4.69) is 37.8 Å². The lowest BCUT2D eigenvalue weighted by atomic mass is 9.75. The van der Waals surface area contributed by atoms with Gasteiger partial charge in [0, 0.05) is 17.0 Å². The lowest BCUT2D eigenvalue weighted by molar-refractivity contribution is -0.540. The molecule has 0 saturated carbocycles. The summed E-state index contributed by atoms with van der Waals surface area (Å²) in [6, 6.07) is 15.5. The summed E-state index contributed by atoms with van der Waals surface area (Å²) in [6.45, 7) is 6.06. The fourth-order valence-corrected chi connectivity index (χ4v) is 3.10. The summed E-state index contributed by atoms with van der Waals surface area (Å²) < 4.78 is 0. The maximum Gasteiger partial charge on any atom is 0.335 e. The largest absolute Gasteiger partial charge is 0.478 e. The number of quaternary nitrogens is 1. The highest BCUT2D eigenvalue weighted by atomic mass is 16.4. The second-order valence-corrected chi connectivity index (χ2v) is 6.47. The van der Waals surface area contributed by atoms with Crippen molar-refractivity contribution < 1.29 is 15.2 Å². The van der Waals surface area contributed by atoms with Crippen molar-refractivity contribution in [1.29, 1.82) is 0 Å². The van der Waals surface area contributed by atoms with Gasteiger partial charge < -0.3 is 10.4 Å². The van der Waals surface area contributed by atoms with Crippen molar-refractivity contribution in [3.8, 4) is 0 Å². The molecule has 0 aliphatic heterocycles. The van der Waals surface area contributed by atoms with Crippen LogP contribution in [0.25, 0.3) is 6.08 Å². The number of carboxylic acid groups (broad SMARTS) is 1. The first-order chi connectivity index (χ1) is 12.0. The molecule has 1 atom stereocenters. The second kappa shape index (κ2) is 8.45. The third kappa shape index (κ3) is 4.68. The molecule has 0 radical (unpaired) electrons. The van der Waals surface area contributed by atoms with Crippen molar-refractivity contribution in [3.63, 3.8) is 0 Å². The number of rotatable bonds is 8. The second-order valence-electron chi connectivity index (χ2n) is 6.47. The average molecular weight is 336 g/mol. The van der Waals surface area contributed by atoms with Crippen LogP contribution in [-0.2, 0) is 5.41 Å². The quantitative estimate of drug-likeness (QED) is 0.562.